The van der Waals surface area contributed by atoms with E-state index in [0.29, 0.717) is 0 Å². The van der Waals surface area contributed by atoms with Crippen molar-refractivity contribution in [2.24, 2.45) is 0 Å². The van der Waals surface area contributed by atoms with Crippen LogP contribution in [0.5, 0.6) is 0 Å². The first kappa shape index (κ1) is 30.2. The molecule has 0 amide bonds. The van der Waals surface area contributed by atoms with Gasteiger partial charge in [-0.05, 0) is 116 Å². The van der Waals surface area contributed by atoms with Crippen LogP contribution in [0.15, 0.2) is 182 Å². The van der Waals surface area contributed by atoms with E-state index in [4.69, 9.17) is 0 Å². The molecule has 53 heavy (non-hydrogen) atoms. The highest BCUT2D eigenvalue weighted by Gasteiger charge is 2.37. The van der Waals surface area contributed by atoms with Gasteiger partial charge in [0.2, 0.25) is 0 Å². The molecule has 1 aliphatic carbocycles. The van der Waals surface area contributed by atoms with Gasteiger partial charge in [0.1, 0.15) is 0 Å². The number of hydrogen-bond donors (Lipinski definition) is 0. The maximum absolute atomic E-state index is 2.47. The van der Waals surface area contributed by atoms with Crippen molar-refractivity contribution < 1.29 is 0 Å². The molecule has 0 saturated carbocycles. The third kappa shape index (κ3) is 4.30. The molecular weight excluding hydrogens is 637 g/mol. The van der Waals surface area contributed by atoms with Crippen molar-refractivity contribution in [3.63, 3.8) is 0 Å². The molecule has 0 bridgehead atoms. The van der Waals surface area contributed by atoms with Crippen molar-refractivity contribution in [3.8, 4) is 44.5 Å². The van der Waals surface area contributed by atoms with Crippen molar-refractivity contribution in [3.05, 3.63) is 193 Å². The minimum atomic E-state index is -0.110. The van der Waals surface area contributed by atoms with Gasteiger partial charge in [-0.1, -0.05) is 190 Å². The summed E-state index contributed by atoms with van der Waals surface area (Å²) >= 11 is 0. The van der Waals surface area contributed by atoms with Crippen LogP contribution in [-0.2, 0) is 5.41 Å². The summed E-state index contributed by atoms with van der Waals surface area (Å²) in [6, 6.07) is 67.8. The monoisotopic (exact) mass is 672 g/mol. The first-order valence-electron chi connectivity index (χ1n) is 18.7. The molecule has 0 heterocycles. The zero-order chi connectivity index (χ0) is 35.3. The fraction of sp³-hybridized carbons (Fsp3) is 0.0566. The maximum Gasteiger partial charge on any atom is 0.0165 e. The van der Waals surface area contributed by atoms with Crippen molar-refractivity contribution in [2.75, 3.05) is 0 Å². The molecule has 0 unspecified atom stereocenters. The Morgan fingerprint density at radius 2 is 0.736 bits per heavy atom. The van der Waals surface area contributed by atoms with Crippen molar-refractivity contribution in [1.82, 2.24) is 0 Å². The summed E-state index contributed by atoms with van der Waals surface area (Å²) in [7, 11) is 0. The van der Waals surface area contributed by atoms with Crippen LogP contribution in [-0.4, -0.2) is 0 Å². The quantitative estimate of drug-likeness (QED) is 0.164. The van der Waals surface area contributed by atoms with Gasteiger partial charge in [-0.3, -0.25) is 0 Å². The van der Waals surface area contributed by atoms with E-state index in [1.54, 1.807) is 0 Å². The van der Waals surface area contributed by atoms with Crippen molar-refractivity contribution >= 4 is 53.9 Å². The Labute approximate surface area is 309 Å². The number of fused-ring (bicyclic) bond motifs is 9. The Kier molecular flexibility index (Phi) is 6.40. The lowest BCUT2D eigenvalue weighted by atomic mass is 9.79. The fourth-order valence-electron chi connectivity index (χ4n) is 9.69. The van der Waals surface area contributed by atoms with Gasteiger partial charge in [-0.25, -0.2) is 0 Å². The SMILES string of the molecule is CC1(C)c2cc(-c3ccc(-c4c5ccccc5c(-c5cccc6ccccc56)c5ccccc45)c4ccccc34)ccc2-c2ccc3ccccc3c21. The lowest BCUT2D eigenvalue weighted by Crippen LogP contribution is -2.15. The van der Waals surface area contributed by atoms with E-state index < -0.39 is 0 Å². The average molecular weight is 673 g/mol. The highest BCUT2D eigenvalue weighted by atomic mass is 14.4. The standard InChI is InChI=1S/C53H36/c1-53(2)49-32-35(27-28-41(49)48-29-26-34-15-4-6-18-38(34)52(48)53)37-30-31-47(40-20-8-7-19-39(37)40)51-45-23-11-9-21-43(45)50(44-22-10-12-24-46(44)51)42-25-13-16-33-14-3-5-17-36(33)42/h3-32H,1-2H3. The second-order valence-electron chi connectivity index (χ2n) is 15.2. The molecule has 0 aliphatic heterocycles. The van der Waals surface area contributed by atoms with Gasteiger partial charge in [0, 0.05) is 5.41 Å². The highest BCUT2D eigenvalue weighted by molar-refractivity contribution is 6.25. The first-order chi connectivity index (χ1) is 26.1. The molecule has 248 valence electrons. The molecule has 0 atom stereocenters. The number of rotatable bonds is 3. The molecule has 0 radical (unpaired) electrons. The van der Waals surface area contributed by atoms with Gasteiger partial charge < -0.3 is 0 Å². The number of benzene rings is 10. The van der Waals surface area contributed by atoms with Crippen LogP contribution in [0, 0.1) is 0 Å². The second-order valence-corrected chi connectivity index (χ2v) is 15.2. The summed E-state index contributed by atoms with van der Waals surface area (Å²) in [4.78, 5) is 0. The van der Waals surface area contributed by atoms with Crippen molar-refractivity contribution in [2.45, 2.75) is 19.3 Å². The van der Waals surface area contributed by atoms with E-state index >= 15 is 0 Å². The molecule has 11 rings (SSSR count). The molecule has 0 heteroatoms. The van der Waals surface area contributed by atoms with Crippen molar-refractivity contribution in [1.29, 1.82) is 0 Å². The maximum atomic E-state index is 2.47. The molecule has 10 aromatic rings. The van der Waals surface area contributed by atoms with E-state index in [-0.39, 0.29) is 5.41 Å². The molecule has 0 fully saturated rings. The summed E-state index contributed by atoms with van der Waals surface area (Å²) in [5.74, 6) is 0. The molecule has 0 saturated heterocycles. The van der Waals surface area contributed by atoms with E-state index in [2.05, 4.69) is 196 Å². The minimum absolute atomic E-state index is 0.110. The predicted octanol–water partition coefficient (Wildman–Crippen LogP) is 14.8. The van der Waals surface area contributed by atoms with Crippen LogP contribution >= 0.6 is 0 Å². The smallest absolute Gasteiger partial charge is 0.0165 e. The van der Waals surface area contributed by atoms with Crippen LogP contribution in [0.25, 0.3) is 98.4 Å². The first-order valence-corrected chi connectivity index (χ1v) is 18.7. The lowest BCUT2D eigenvalue weighted by molar-refractivity contribution is 0.666. The van der Waals surface area contributed by atoms with Crippen LogP contribution in [0.3, 0.4) is 0 Å². The van der Waals surface area contributed by atoms with E-state index in [1.807, 2.05) is 0 Å². The summed E-state index contributed by atoms with van der Waals surface area (Å²) in [6.45, 7) is 4.79. The molecule has 10 aromatic carbocycles. The lowest BCUT2D eigenvalue weighted by Gasteiger charge is -2.24. The third-order valence-electron chi connectivity index (χ3n) is 12.0. The molecule has 0 aromatic heterocycles. The van der Waals surface area contributed by atoms with Gasteiger partial charge in [0.25, 0.3) is 0 Å². The third-order valence-corrected chi connectivity index (χ3v) is 12.0. The van der Waals surface area contributed by atoms with Gasteiger partial charge in [-0.2, -0.15) is 0 Å². The summed E-state index contributed by atoms with van der Waals surface area (Å²) in [5.41, 5.74) is 13.1. The molecule has 0 spiro atoms. The fourth-order valence-corrected chi connectivity index (χ4v) is 9.69. The van der Waals surface area contributed by atoms with Crippen LogP contribution in [0.1, 0.15) is 25.0 Å². The zero-order valence-corrected chi connectivity index (χ0v) is 29.8. The largest absolute Gasteiger partial charge is 0.0616 e. The Hall–Kier alpha value is -6.50. The van der Waals surface area contributed by atoms with Gasteiger partial charge in [0.05, 0.1) is 0 Å². The van der Waals surface area contributed by atoms with E-state index in [9.17, 15) is 0 Å². The molecule has 0 N–H and O–H groups in total. The summed E-state index contributed by atoms with van der Waals surface area (Å²) < 4.78 is 0. The van der Waals surface area contributed by atoms with Gasteiger partial charge in [0.15, 0.2) is 0 Å². The Morgan fingerprint density at radius 1 is 0.302 bits per heavy atom. The zero-order valence-electron chi connectivity index (χ0n) is 29.8. The topological polar surface area (TPSA) is 0 Å². The van der Waals surface area contributed by atoms with Gasteiger partial charge >= 0.3 is 0 Å². The summed E-state index contributed by atoms with van der Waals surface area (Å²) in [5, 5.41) is 12.8. The molecular formula is C53H36. The Morgan fingerprint density at radius 3 is 1.38 bits per heavy atom. The van der Waals surface area contributed by atoms with E-state index in [1.165, 1.54) is 109 Å². The Balaban J connectivity index is 1.14. The number of hydrogen-bond acceptors (Lipinski definition) is 0. The average Bonchev–Trinajstić information content (AvgIpc) is 3.45. The van der Waals surface area contributed by atoms with E-state index in [0.717, 1.165) is 0 Å². The van der Waals surface area contributed by atoms with Crippen LogP contribution < -0.4 is 0 Å². The molecule has 1 aliphatic rings. The normalized spacial score (nSPS) is 13.2. The second kappa shape index (κ2) is 11.2. The van der Waals surface area contributed by atoms with Crippen LogP contribution in [0.2, 0.25) is 0 Å². The highest BCUT2D eigenvalue weighted by Crippen LogP contribution is 2.53. The minimum Gasteiger partial charge on any atom is -0.0616 e. The van der Waals surface area contributed by atoms with Gasteiger partial charge in [-0.15, -0.1) is 0 Å². The predicted molar refractivity (Wildman–Crippen MR) is 228 cm³/mol. The summed E-state index contributed by atoms with van der Waals surface area (Å²) in [6.07, 6.45) is 0. The Bertz CT molecular complexity index is 3080. The molecule has 0 nitrogen and oxygen atoms in total. The van der Waals surface area contributed by atoms with Crippen LogP contribution in [0.4, 0.5) is 0 Å².